The van der Waals surface area contributed by atoms with Crippen molar-refractivity contribution in [1.82, 2.24) is 4.98 Å². The lowest BCUT2D eigenvalue weighted by atomic mass is 9.95. The van der Waals surface area contributed by atoms with Crippen LogP contribution in [0.5, 0.6) is 0 Å². The molecule has 1 atom stereocenters. The van der Waals surface area contributed by atoms with Crippen LogP contribution in [0.1, 0.15) is 30.2 Å². The van der Waals surface area contributed by atoms with Crippen molar-refractivity contribution in [2.45, 2.75) is 38.6 Å². The molecule has 2 nitrogen and oxygen atoms in total. The van der Waals surface area contributed by atoms with Crippen LogP contribution in [0.2, 0.25) is 0 Å². The number of hydrogen-bond acceptors (Lipinski definition) is 2. The standard InChI is InChI=1S/C17H20N2/c1-2-13-7-9-15(18-12-13)11-16-10-8-14-5-3-4-6-17(14)19-16/h3-7,9,12,16,19H,2,8,10-11H2,1H3. The lowest BCUT2D eigenvalue weighted by molar-refractivity contribution is 0.620. The van der Waals surface area contributed by atoms with Crippen LogP contribution in [0.4, 0.5) is 5.69 Å². The molecule has 2 heteroatoms. The van der Waals surface area contributed by atoms with Gasteiger partial charge >= 0.3 is 0 Å². The number of aryl methyl sites for hydroxylation is 2. The van der Waals surface area contributed by atoms with Gasteiger partial charge in [-0.15, -0.1) is 0 Å². The molecule has 0 fully saturated rings. The molecular weight excluding hydrogens is 232 g/mol. The van der Waals surface area contributed by atoms with Crippen molar-refractivity contribution in [3.8, 4) is 0 Å². The number of benzene rings is 1. The van der Waals surface area contributed by atoms with Gasteiger partial charge in [-0.3, -0.25) is 4.98 Å². The van der Waals surface area contributed by atoms with Crippen molar-refractivity contribution >= 4 is 5.69 Å². The Hall–Kier alpha value is -1.83. The van der Waals surface area contributed by atoms with Crippen LogP contribution >= 0.6 is 0 Å². The molecule has 0 bridgehead atoms. The molecule has 0 aliphatic carbocycles. The Bertz CT molecular complexity index is 545. The zero-order chi connectivity index (χ0) is 13.1. The first-order chi connectivity index (χ1) is 9.35. The Labute approximate surface area is 114 Å². The molecule has 1 aliphatic rings. The maximum atomic E-state index is 4.56. The van der Waals surface area contributed by atoms with Crippen molar-refractivity contribution in [3.05, 3.63) is 59.4 Å². The third kappa shape index (κ3) is 2.78. The summed E-state index contributed by atoms with van der Waals surface area (Å²) in [6.45, 7) is 2.16. The monoisotopic (exact) mass is 252 g/mol. The molecule has 0 radical (unpaired) electrons. The highest BCUT2D eigenvalue weighted by Crippen LogP contribution is 2.25. The van der Waals surface area contributed by atoms with E-state index in [-0.39, 0.29) is 0 Å². The first kappa shape index (κ1) is 12.2. The molecule has 1 unspecified atom stereocenters. The van der Waals surface area contributed by atoms with Gasteiger partial charge in [-0.25, -0.2) is 0 Å². The second kappa shape index (κ2) is 5.43. The molecule has 0 spiro atoms. The molecule has 3 rings (SSSR count). The molecule has 98 valence electrons. The number of rotatable bonds is 3. The van der Waals surface area contributed by atoms with Gasteiger partial charge in [-0.05, 0) is 42.5 Å². The maximum absolute atomic E-state index is 4.56. The van der Waals surface area contributed by atoms with Crippen LogP contribution in [0.15, 0.2) is 42.6 Å². The van der Waals surface area contributed by atoms with Gasteiger partial charge in [0.2, 0.25) is 0 Å². The molecule has 0 saturated carbocycles. The van der Waals surface area contributed by atoms with E-state index in [1.54, 1.807) is 0 Å². The van der Waals surface area contributed by atoms with Gasteiger partial charge < -0.3 is 5.32 Å². The average molecular weight is 252 g/mol. The predicted molar refractivity (Wildman–Crippen MR) is 79.5 cm³/mol. The Balaban J connectivity index is 1.68. The zero-order valence-corrected chi connectivity index (χ0v) is 11.4. The minimum absolute atomic E-state index is 0.509. The fourth-order valence-electron chi connectivity index (χ4n) is 2.69. The van der Waals surface area contributed by atoms with Crippen LogP contribution in [-0.4, -0.2) is 11.0 Å². The van der Waals surface area contributed by atoms with Crippen LogP contribution in [0, 0.1) is 0 Å². The van der Waals surface area contributed by atoms with Crippen molar-refractivity contribution in [1.29, 1.82) is 0 Å². The van der Waals surface area contributed by atoms with Crippen LogP contribution < -0.4 is 5.32 Å². The van der Waals surface area contributed by atoms with E-state index in [2.05, 4.69) is 53.6 Å². The van der Waals surface area contributed by atoms with Crippen molar-refractivity contribution < 1.29 is 0 Å². The minimum atomic E-state index is 0.509. The lowest BCUT2D eigenvalue weighted by Crippen LogP contribution is -2.27. The van der Waals surface area contributed by atoms with Gasteiger partial charge in [0.25, 0.3) is 0 Å². The van der Waals surface area contributed by atoms with Crippen LogP contribution in [0.3, 0.4) is 0 Å². The molecule has 1 aromatic heterocycles. The van der Waals surface area contributed by atoms with E-state index in [1.807, 2.05) is 6.20 Å². The summed E-state index contributed by atoms with van der Waals surface area (Å²) in [6.07, 6.45) is 6.43. The van der Waals surface area contributed by atoms with E-state index >= 15 is 0 Å². The highest BCUT2D eigenvalue weighted by atomic mass is 14.9. The van der Waals surface area contributed by atoms with E-state index in [4.69, 9.17) is 0 Å². The number of para-hydroxylation sites is 1. The number of nitrogens with one attached hydrogen (secondary N) is 1. The van der Waals surface area contributed by atoms with Gasteiger partial charge in [0.15, 0.2) is 0 Å². The largest absolute Gasteiger partial charge is 0.382 e. The first-order valence-corrected chi connectivity index (χ1v) is 7.13. The third-order valence-corrected chi connectivity index (χ3v) is 3.89. The summed E-state index contributed by atoms with van der Waals surface area (Å²) in [4.78, 5) is 4.56. The Morgan fingerprint density at radius 3 is 2.89 bits per heavy atom. The van der Waals surface area contributed by atoms with E-state index in [0.29, 0.717) is 6.04 Å². The van der Waals surface area contributed by atoms with Gasteiger partial charge in [0.1, 0.15) is 0 Å². The smallest absolute Gasteiger partial charge is 0.0424 e. The summed E-state index contributed by atoms with van der Waals surface area (Å²) in [7, 11) is 0. The molecular formula is C17H20N2. The molecule has 1 aliphatic heterocycles. The van der Waals surface area contributed by atoms with Crippen molar-refractivity contribution in [2.24, 2.45) is 0 Å². The van der Waals surface area contributed by atoms with Crippen LogP contribution in [0.25, 0.3) is 0 Å². The maximum Gasteiger partial charge on any atom is 0.0424 e. The molecule has 1 aromatic carbocycles. The predicted octanol–water partition coefficient (Wildman–Crippen LogP) is 3.61. The molecule has 0 amide bonds. The SMILES string of the molecule is CCc1ccc(CC2CCc3ccccc3N2)nc1. The highest BCUT2D eigenvalue weighted by Gasteiger charge is 2.17. The average Bonchev–Trinajstić information content (AvgIpc) is 2.48. The number of nitrogens with zero attached hydrogens (tertiary/aromatic N) is 1. The van der Waals surface area contributed by atoms with Crippen LogP contribution in [-0.2, 0) is 19.3 Å². The summed E-state index contributed by atoms with van der Waals surface area (Å²) in [6, 6.07) is 13.5. The molecule has 0 saturated heterocycles. The summed E-state index contributed by atoms with van der Waals surface area (Å²) in [5.41, 5.74) is 5.23. The third-order valence-electron chi connectivity index (χ3n) is 3.89. The lowest BCUT2D eigenvalue weighted by Gasteiger charge is -2.26. The molecule has 19 heavy (non-hydrogen) atoms. The van der Waals surface area contributed by atoms with E-state index < -0.39 is 0 Å². The number of aromatic nitrogens is 1. The molecule has 2 aromatic rings. The van der Waals surface area contributed by atoms with E-state index in [0.717, 1.165) is 12.8 Å². The fraction of sp³-hybridized carbons (Fsp3) is 0.353. The van der Waals surface area contributed by atoms with E-state index in [1.165, 1.54) is 35.3 Å². The fourth-order valence-corrected chi connectivity index (χ4v) is 2.69. The number of pyridine rings is 1. The summed E-state index contributed by atoms with van der Waals surface area (Å²) < 4.78 is 0. The van der Waals surface area contributed by atoms with Gasteiger partial charge in [0.05, 0.1) is 0 Å². The minimum Gasteiger partial charge on any atom is -0.382 e. The molecule has 1 N–H and O–H groups in total. The van der Waals surface area contributed by atoms with Crippen molar-refractivity contribution in [3.63, 3.8) is 0 Å². The van der Waals surface area contributed by atoms with Gasteiger partial charge in [-0.1, -0.05) is 31.2 Å². The Morgan fingerprint density at radius 2 is 2.11 bits per heavy atom. The second-order valence-electron chi connectivity index (χ2n) is 5.25. The van der Waals surface area contributed by atoms with Crippen molar-refractivity contribution in [2.75, 3.05) is 5.32 Å². The quantitative estimate of drug-likeness (QED) is 0.902. The number of fused-ring (bicyclic) bond motifs is 1. The number of hydrogen-bond donors (Lipinski definition) is 1. The molecule has 2 heterocycles. The topological polar surface area (TPSA) is 24.9 Å². The highest BCUT2D eigenvalue weighted by molar-refractivity contribution is 5.53. The van der Waals surface area contributed by atoms with Gasteiger partial charge in [0, 0.05) is 30.0 Å². The normalized spacial score (nSPS) is 17.6. The van der Waals surface area contributed by atoms with Gasteiger partial charge in [-0.2, -0.15) is 0 Å². The zero-order valence-electron chi connectivity index (χ0n) is 11.4. The summed E-state index contributed by atoms with van der Waals surface area (Å²) >= 11 is 0. The first-order valence-electron chi connectivity index (χ1n) is 7.13. The summed E-state index contributed by atoms with van der Waals surface area (Å²) in [5.74, 6) is 0. The summed E-state index contributed by atoms with van der Waals surface area (Å²) in [5, 5.41) is 3.63. The number of anilines is 1. The van der Waals surface area contributed by atoms with E-state index in [9.17, 15) is 0 Å². The Morgan fingerprint density at radius 1 is 1.21 bits per heavy atom. The Kier molecular flexibility index (Phi) is 3.49. The second-order valence-corrected chi connectivity index (χ2v) is 5.25.